The van der Waals surface area contributed by atoms with Gasteiger partial charge in [-0.3, -0.25) is 9.48 Å². The van der Waals surface area contributed by atoms with Crippen molar-refractivity contribution in [2.45, 2.75) is 25.8 Å². The third-order valence-electron chi connectivity index (χ3n) is 4.51. The highest BCUT2D eigenvalue weighted by Crippen LogP contribution is 2.22. The Morgan fingerprint density at radius 1 is 1.35 bits per heavy atom. The number of amides is 1. The topological polar surface area (TPSA) is 54.3 Å². The van der Waals surface area contributed by atoms with Crippen molar-refractivity contribution in [3.8, 4) is 0 Å². The summed E-state index contributed by atoms with van der Waals surface area (Å²) < 4.78 is 1.66. The molecule has 2 aromatic rings. The third kappa shape index (κ3) is 3.36. The Bertz CT molecular complexity index is 688. The summed E-state index contributed by atoms with van der Waals surface area (Å²) in [5.74, 6) is 1.08. The summed E-state index contributed by atoms with van der Waals surface area (Å²) in [5.41, 5.74) is 1.87. The number of anilines is 1. The first-order chi connectivity index (χ1) is 11.0. The van der Waals surface area contributed by atoms with E-state index in [0.29, 0.717) is 5.56 Å². The minimum absolute atomic E-state index is 0.0465. The molecule has 0 bridgehead atoms. The number of carbonyl (C=O) groups excluding carboxylic acids is 1. The molecular weight excluding hydrogens is 290 g/mol. The second-order valence-corrected chi connectivity index (χ2v) is 6.23. The smallest absolute Gasteiger partial charge is 0.257 e. The fourth-order valence-electron chi connectivity index (χ4n) is 3.08. The van der Waals surface area contributed by atoms with Crippen LogP contribution in [0.25, 0.3) is 0 Å². The standard InChI is InChI=1S/C17H23N5O/c1-13-4-7-18-16(10-13)22-8-5-15(6-9-22)21(3)17(23)14-11-19-20(2)12-14/h4,7,10-12,15H,5-6,8-9H2,1-3H3. The van der Waals surface area contributed by atoms with E-state index in [1.54, 1.807) is 17.1 Å². The lowest BCUT2D eigenvalue weighted by Crippen LogP contribution is -2.45. The second kappa shape index (κ2) is 6.40. The maximum absolute atomic E-state index is 12.5. The lowest BCUT2D eigenvalue weighted by atomic mass is 10.0. The molecule has 6 nitrogen and oxygen atoms in total. The lowest BCUT2D eigenvalue weighted by Gasteiger charge is -2.37. The minimum atomic E-state index is 0.0465. The summed E-state index contributed by atoms with van der Waals surface area (Å²) >= 11 is 0. The van der Waals surface area contributed by atoms with Crippen LogP contribution in [0.2, 0.25) is 0 Å². The zero-order chi connectivity index (χ0) is 16.4. The van der Waals surface area contributed by atoms with Gasteiger partial charge in [0.25, 0.3) is 5.91 Å². The molecule has 0 radical (unpaired) electrons. The van der Waals surface area contributed by atoms with Gasteiger partial charge in [0.05, 0.1) is 11.8 Å². The van der Waals surface area contributed by atoms with Crippen LogP contribution in [0.5, 0.6) is 0 Å². The molecule has 0 atom stereocenters. The average molecular weight is 313 g/mol. The monoisotopic (exact) mass is 313 g/mol. The Morgan fingerprint density at radius 2 is 2.09 bits per heavy atom. The van der Waals surface area contributed by atoms with Crippen molar-refractivity contribution in [3.05, 3.63) is 41.9 Å². The predicted molar refractivity (Wildman–Crippen MR) is 89.5 cm³/mol. The van der Waals surface area contributed by atoms with Crippen molar-refractivity contribution >= 4 is 11.7 Å². The van der Waals surface area contributed by atoms with Crippen molar-refractivity contribution in [2.75, 3.05) is 25.0 Å². The number of carbonyl (C=O) groups is 1. The van der Waals surface area contributed by atoms with Gasteiger partial charge in [0.1, 0.15) is 5.82 Å². The Kier molecular flexibility index (Phi) is 4.32. The largest absolute Gasteiger partial charge is 0.356 e. The van der Waals surface area contributed by atoms with Gasteiger partial charge in [-0.2, -0.15) is 5.10 Å². The first-order valence-electron chi connectivity index (χ1n) is 7.98. The van der Waals surface area contributed by atoms with E-state index < -0.39 is 0 Å². The Labute approximate surface area is 136 Å². The van der Waals surface area contributed by atoms with E-state index in [2.05, 4.69) is 28.0 Å². The molecule has 1 fully saturated rings. The zero-order valence-corrected chi connectivity index (χ0v) is 13.9. The van der Waals surface area contributed by atoms with Crippen molar-refractivity contribution < 1.29 is 4.79 Å². The molecule has 6 heteroatoms. The van der Waals surface area contributed by atoms with E-state index in [0.717, 1.165) is 31.7 Å². The molecule has 0 N–H and O–H groups in total. The molecule has 0 unspecified atom stereocenters. The summed E-state index contributed by atoms with van der Waals surface area (Å²) in [6, 6.07) is 4.39. The van der Waals surface area contributed by atoms with Crippen LogP contribution in [0.4, 0.5) is 5.82 Å². The van der Waals surface area contributed by atoms with E-state index in [9.17, 15) is 4.79 Å². The molecule has 1 aliphatic rings. The van der Waals surface area contributed by atoms with Gasteiger partial charge < -0.3 is 9.80 Å². The molecule has 3 rings (SSSR count). The quantitative estimate of drug-likeness (QED) is 0.868. The predicted octanol–water partition coefficient (Wildman–Crippen LogP) is 1.86. The summed E-state index contributed by atoms with van der Waals surface area (Å²) in [7, 11) is 3.71. The molecule has 122 valence electrons. The molecule has 1 saturated heterocycles. The molecular formula is C17H23N5O. The molecule has 3 heterocycles. The van der Waals surface area contributed by atoms with Crippen LogP contribution in [0, 0.1) is 6.92 Å². The zero-order valence-electron chi connectivity index (χ0n) is 13.9. The summed E-state index contributed by atoms with van der Waals surface area (Å²) in [6.07, 6.45) is 7.17. The number of hydrogen-bond acceptors (Lipinski definition) is 4. The molecule has 2 aromatic heterocycles. The van der Waals surface area contributed by atoms with Gasteiger partial charge in [-0.05, 0) is 37.5 Å². The van der Waals surface area contributed by atoms with Crippen molar-refractivity contribution in [1.29, 1.82) is 0 Å². The normalized spacial score (nSPS) is 15.7. The maximum Gasteiger partial charge on any atom is 0.257 e. The fourth-order valence-corrected chi connectivity index (χ4v) is 3.08. The van der Waals surface area contributed by atoms with E-state index in [4.69, 9.17) is 0 Å². The van der Waals surface area contributed by atoms with E-state index in [1.807, 2.05) is 31.3 Å². The Balaban J connectivity index is 1.61. The molecule has 0 aliphatic carbocycles. The number of piperidine rings is 1. The molecule has 23 heavy (non-hydrogen) atoms. The van der Waals surface area contributed by atoms with Gasteiger partial charge in [0.2, 0.25) is 0 Å². The number of nitrogens with zero attached hydrogens (tertiary/aromatic N) is 5. The van der Waals surface area contributed by atoms with Crippen molar-refractivity contribution in [1.82, 2.24) is 19.7 Å². The van der Waals surface area contributed by atoms with Gasteiger partial charge in [0.15, 0.2) is 0 Å². The molecule has 1 aliphatic heterocycles. The third-order valence-corrected chi connectivity index (χ3v) is 4.51. The first kappa shape index (κ1) is 15.5. The van der Waals surface area contributed by atoms with E-state index >= 15 is 0 Å². The molecule has 0 saturated carbocycles. The van der Waals surface area contributed by atoms with Crippen LogP contribution in [0.3, 0.4) is 0 Å². The number of pyridine rings is 1. The molecule has 0 aromatic carbocycles. The lowest BCUT2D eigenvalue weighted by molar-refractivity contribution is 0.0709. The Morgan fingerprint density at radius 3 is 2.70 bits per heavy atom. The van der Waals surface area contributed by atoms with Crippen LogP contribution in [-0.4, -0.2) is 51.8 Å². The van der Waals surface area contributed by atoms with Crippen molar-refractivity contribution in [2.24, 2.45) is 7.05 Å². The minimum Gasteiger partial charge on any atom is -0.356 e. The highest BCUT2D eigenvalue weighted by Gasteiger charge is 2.27. The van der Waals surface area contributed by atoms with Gasteiger partial charge in [-0.25, -0.2) is 4.98 Å². The molecule has 0 spiro atoms. The number of aromatic nitrogens is 3. The van der Waals surface area contributed by atoms with Crippen LogP contribution in [-0.2, 0) is 7.05 Å². The second-order valence-electron chi connectivity index (χ2n) is 6.23. The van der Waals surface area contributed by atoms with Crippen LogP contribution in [0.15, 0.2) is 30.7 Å². The summed E-state index contributed by atoms with van der Waals surface area (Å²) in [6.45, 7) is 3.93. The van der Waals surface area contributed by atoms with Gasteiger partial charge >= 0.3 is 0 Å². The average Bonchev–Trinajstić information content (AvgIpc) is 3.00. The summed E-state index contributed by atoms with van der Waals surface area (Å²) in [4.78, 5) is 21.1. The summed E-state index contributed by atoms with van der Waals surface area (Å²) in [5, 5.41) is 4.08. The van der Waals surface area contributed by atoms with Crippen LogP contribution < -0.4 is 4.90 Å². The first-order valence-corrected chi connectivity index (χ1v) is 7.98. The Hall–Kier alpha value is -2.37. The number of rotatable bonds is 3. The van der Waals surface area contributed by atoms with Gasteiger partial charge in [-0.15, -0.1) is 0 Å². The number of aryl methyl sites for hydroxylation is 2. The van der Waals surface area contributed by atoms with Crippen LogP contribution >= 0.6 is 0 Å². The van der Waals surface area contributed by atoms with Gasteiger partial charge in [0, 0.05) is 45.6 Å². The SMILES string of the molecule is Cc1ccnc(N2CCC(N(C)C(=O)c3cnn(C)c3)CC2)c1. The fraction of sp³-hybridized carbons (Fsp3) is 0.471. The highest BCUT2D eigenvalue weighted by atomic mass is 16.2. The maximum atomic E-state index is 12.5. The van der Waals surface area contributed by atoms with Gasteiger partial charge in [-0.1, -0.05) is 0 Å². The highest BCUT2D eigenvalue weighted by molar-refractivity contribution is 5.93. The van der Waals surface area contributed by atoms with E-state index in [-0.39, 0.29) is 11.9 Å². The number of hydrogen-bond donors (Lipinski definition) is 0. The van der Waals surface area contributed by atoms with Crippen molar-refractivity contribution in [3.63, 3.8) is 0 Å². The van der Waals surface area contributed by atoms with E-state index in [1.165, 1.54) is 5.56 Å². The van der Waals surface area contributed by atoms with Crippen LogP contribution in [0.1, 0.15) is 28.8 Å². The molecule has 1 amide bonds.